The van der Waals surface area contributed by atoms with Crippen molar-refractivity contribution in [3.8, 4) is 5.75 Å². The van der Waals surface area contributed by atoms with Gasteiger partial charge in [-0.05, 0) is 68.8 Å². The number of hydrogen-bond acceptors (Lipinski definition) is 6. The third kappa shape index (κ3) is 6.97. The van der Waals surface area contributed by atoms with Crippen LogP contribution in [0.5, 0.6) is 5.75 Å². The van der Waals surface area contributed by atoms with Crippen LogP contribution in [0, 0.1) is 0 Å². The Morgan fingerprint density at radius 3 is 2.26 bits per heavy atom. The maximum absolute atomic E-state index is 12.2. The highest BCUT2D eigenvalue weighted by Gasteiger charge is 2.22. The number of benzene rings is 2. The van der Waals surface area contributed by atoms with E-state index in [0.29, 0.717) is 25.2 Å². The largest absolute Gasteiger partial charge is 0.494 e. The minimum absolute atomic E-state index is 0.0719. The topological polar surface area (TPSA) is 84.9 Å². The van der Waals surface area contributed by atoms with Crippen molar-refractivity contribution < 1.29 is 22.7 Å². The Morgan fingerprint density at radius 2 is 1.68 bits per heavy atom. The van der Waals surface area contributed by atoms with E-state index in [2.05, 4.69) is 24.1 Å². The van der Waals surface area contributed by atoms with Crippen LogP contribution in [0.15, 0.2) is 53.4 Å². The molecule has 1 N–H and O–H groups in total. The first-order valence-electron chi connectivity index (χ1n) is 10.4. The quantitative estimate of drug-likeness (QED) is 0.625. The molecule has 1 amide bonds. The second kappa shape index (κ2) is 10.2. The van der Waals surface area contributed by atoms with Crippen LogP contribution < -0.4 is 15.0 Å². The van der Waals surface area contributed by atoms with Crippen molar-refractivity contribution in [1.82, 2.24) is 0 Å². The lowest BCUT2D eigenvalue weighted by Crippen LogP contribution is -2.45. The Kier molecular flexibility index (Phi) is 7.56. The summed E-state index contributed by atoms with van der Waals surface area (Å²) >= 11 is 0. The summed E-state index contributed by atoms with van der Waals surface area (Å²) < 4.78 is 34.3. The van der Waals surface area contributed by atoms with E-state index in [1.807, 2.05) is 24.3 Å². The summed E-state index contributed by atoms with van der Waals surface area (Å²) in [7, 11) is -3.22. The van der Waals surface area contributed by atoms with Gasteiger partial charge in [0, 0.05) is 37.1 Å². The Labute approximate surface area is 184 Å². The Balaban J connectivity index is 1.40. The Hall–Kier alpha value is -2.58. The van der Waals surface area contributed by atoms with Gasteiger partial charge in [0.2, 0.25) is 5.91 Å². The number of morpholine rings is 1. The Bertz CT molecular complexity index is 964. The van der Waals surface area contributed by atoms with Crippen molar-refractivity contribution in [1.29, 1.82) is 0 Å². The van der Waals surface area contributed by atoms with E-state index >= 15 is 0 Å². The number of sulfone groups is 1. The summed E-state index contributed by atoms with van der Waals surface area (Å²) in [6, 6.07) is 14.1. The number of amides is 1. The zero-order valence-electron chi connectivity index (χ0n) is 18.2. The van der Waals surface area contributed by atoms with Crippen LogP contribution in [0.3, 0.4) is 0 Å². The van der Waals surface area contributed by atoms with E-state index in [1.54, 1.807) is 12.1 Å². The number of hydrogen-bond donors (Lipinski definition) is 1. The predicted octanol–water partition coefficient (Wildman–Crippen LogP) is 3.50. The normalized spacial score (nSPS) is 19.1. The van der Waals surface area contributed by atoms with E-state index in [9.17, 15) is 13.2 Å². The molecule has 1 heterocycles. The molecule has 0 aliphatic carbocycles. The van der Waals surface area contributed by atoms with Crippen molar-refractivity contribution >= 4 is 27.1 Å². The lowest BCUT2D eigenvalue weighted by atomic mass is 10.2. The molecule has 0 saturated carbocycles. The van der Waals surface area contributed by atoms with Gasteiger partial charge in [-0.25, -0.2) is 8.42 Å². The van der Waals surface area contributed by atoms with Crippen LogP contribution in [0.2, 0.25) is 0 Å². The van der Waals surface area contributed by atoms with Crippen LogP contribution >= 0.6 is 0 Å². The van der Waals surface area contributed by atoms with Crippen LogP contribution in [-0.2, 0) is 19.4 Å². The number of carbonyl (C=O) groups excluding carboxylic acids is 1. The van der Waals surface area contributed by atoms with Gasteiger partial charge in [0.15, 0.2) is 9.84 Å². The van der Waals surface area contributed by atoms with E-state index in [4.69, 9.17) is 9.47 Å². The lowest BCUT2D eigenvalue weighted by Gasteiger charge is -2.36. The van der Waals surface area contributed by atoms with Crippen molar-refractivity contribution in [2.45, 2.75) is 43.8 Å². The predicted molar refractivity (Wildman–Crippen MR) is 122 cm³/mol. The SMILES string of the molecule is CC1CN(c2ccc(NC(=O)CCCOc3ccc(S(C)(=O)=O)cc3)cc2)CC(C)O1. The highest BCUT2D eigenvalue weighted by molar-refractivity contribution is 7.90. The number of nitrogens with one attached hydrogen (secondary N) is 1. The lowest BCUT2D eigenvalue weighted by molar-refractivity contribution is -0.116. The molecule has 2 atom stereocenters. The number of carbonyl (C=O) groups is 1. The molecule has 1 aliphatic heterocycles. The molecular formula is C23H30N2O5S. The fraction of sp³-hybridized carbons (Fsp3) is 0.435. The highest BCUT2D eigenvalue weighted by atomic mass is 32.2. The average molecular weight is 447 g/mol. The number of ether oxygens (including phenoxy) is 2. The van der Waals surface area contributed by atoms with Crippen LogP contribution in [0.1, 0.15) is 26.7 Å². The summed E-state index contributed by atoms with van der Waals surface area (Å²) in [4.78, 5) is 14.7. The molecule has 31 heavy (non-hydrogen) atoms. The first-order chi connectivity index (χ1) is 14.7. The summed E-state index contributed by atoms with van der Waals surface area (Å²) in [5.74, 6) is 0.507. The van der Waals surface area contributed by atoms with Gasteiger partial charge in [0.05, 0.1) is 23.7 Å². The maximum Gasteiger partial charge on any atom is 0.224 e. The summed E-state index contributed by atoms with van der Waals surface area (Å²) in [6.45, 7) is 6.23. The zero-order chi connectivity index (χ0) is 22.4. The molecule has 1 saturated heterocycles. The first-order valence-corrected chi connectivity index (χ1v) is 12.3. The maximum atomic E-state index is 12.2. The van der Waals surface area contributed by atoms with Gasteiger partial charge in [0.25, 0.3) is 0 Å². The zero-order valence-corrected chi connectivity index (χ0v) is 19.0. The summed E-state index contributed by atoms with van der Waals surface area (Å²) in [5, 5.41) is 2.91. The minimum atomic E-state index is -3.22. The summed E-state index contributed by atoms with van der Waals surface area (Å²) in [6.07, 6.45) is 2.45. The van der Waals surface area contributed by atoms with Crippen LogP contribution in [-0.4, -0.2) is 52.5 Å². The Morgan fingerprint density at radius 1 is 1.06 bits per heavy atom. The smallest absolute Gasteiger partial charge is 0.224 e. The number of anilines is 2. The second-order valence-corrected chi connectivity index (χ2v) is 9.97. The second-order valence-electron chi connectivity index (χ2n) is 7.95. The van der Waals surface area contributed by atoms with Gasteiger partial charge in [-0.2, -0.15) is 0 Å². The van der Waals surface area contributed by atoms with Crippen LogP contribution in [0.4, 0.5) is 11.4 Å². The van der Waals surface area contributed by atoms with Crippen LogP contribution in [0.25, 0.3) is 0 Å². The molecule has 168 valence electrons. The van der Waals surface area contributed by atoms with Gasteiger partial charge in [-0.1, -0.05) is 0 Å². The molecule has 1 aliphatic rings. The number of nitrogens with zero attached hydrogens (tertiary/aromatic N) is 1. The molecule has 2 aromatic rings. The third-order valence-electron chi connectivity index (χ3n) is 5.00. The van der Waals surface area contributed by atoms with Gasteiger partial charge < -0.3 is 19.7 Å². The van der Waals surface area contributed by atoms with Crippen molar-refractivity contribution in [3.63, 3.8) is 0 Å². The van der Waals surface area contributed by atoms with Crippen molar-refractivity contribution in [2.75, 3.05) is 36.2 Å². The summed E-state index contributed by atoms with van der Waals surface area (Å²) in [5.41, 5.74) is 1.88. The molecule has 0 radical (unpaired) electrons. The van der Waals surface area contributed by atoms with Crippen molar-refractivity contribution in [2.24, 2.45) is 0 Å². The molecule has 0 spiro atoms. The van der Waals surface area contributed by atoms with E-state index in [0.717, 1.165) is 24.5 Å². The number of rotatable bonds is 8. The average Bonchev–Trinajstić information content (AvgIpc) is 2.71. The molecule has 1 fully saturated rings. The van der Waals surface area contributed by atoms with Gasteiger partial charge >= 0.3 is 0 Å². The van der Waals surface area contributed by atoms with Gasteiger partial charge in [0.1, 0.15) is 5.75 Å². The van der Waals surface area contributed by atoms with E-state index < -0.39 is 9.84 Å². The molecule has 3 rings (SSSR count). The standard InChI is InChI=1S/C23H30N2O5S/c1-17-15-25(16-18(2)30-17)20-8-6-19(7-9-20)24-23(26)5-4-14-29-21-10-12-22(13-11-21)31(3,27)28/h6-13,17-18H,4-5,14-16H2,1-3H3,(H,24,26). The fourth-order valence-electron chi connectivity index (χ4n) is 3.57. The monoisotopic (exact) mass is 446 g/mol. The highest BCUT2D eigenvalue weighted by Crippen LogP contribution is 2.22. The molecule has 7 nitrogen and oxygen atoms in total. The first kappa shape index (κ1) is 23.1. The van der Waals surface area contributed by atoms with E-state index in [-0.39, 0.29) is 23.0 Å². The third-order valence-corrected chi connectivity index (χ3v) is 6.13. The van der Waals surface area contributed by atoms with E-state index in [1.165, 1.54) is 18.4 Å². The van der Waals surface area contributed by atoms with Gasteiger partial charge in [-0.15, -0.1) is 0 Å². The molecule has 2 aromatic carbocycles. The molecular weight excluding hydrogens is 416 g/mol. The minimum Gasteiger partial charge on any atom is -0.494 e. The van der Waals surface area contributed by atoms with Crippen molar-refractivity contribution in [3.05, 3.63) is 48.5 Å². The molecule has 0 bridgehead atoms. The molecule has 0 aromatic heterocycles. The van der Waals surface area contributed by atoms with Gasteiger partial charge in [-0.3, -0.25) is 4.79 Å². The molecule has 2 unspecified atom stereocenters. The molecule has 8 heteroatoms. The fourth-order valence-corrected chi connectivity index (χ4v) is 4.20.